The van der Waals surface area contributed by atoms with Crippen molar-refractivity contribution in [3.63, 3.8) is 0 Å². The molecular formula is C36H47BrN4. The lowest BCUT2D eigenvalue weighted by atomic mass is 9.77. The predicted molar refractivity (Wildman–Crippen MR) is 180 cm³/mol. The molecule has 0 saturated carbocycles. The molecule has 0 aliphatic carbocycles. The van der Waals surface area contributed by atoms with Gasteiger partial charge in [0.1, 0.15) is 0 Å². The second kappa shape index (κ2) is 11.9. The van der Waals surface area contributed by atoms with E-state index < -0.39 is 0 Å². The maximum Gasteiger partial charge on any atom is 0.0693 e. The summed E-state index contributed by atoms with van der Waals surface area (Å²) in [6, 6.07) is 9.30. The standard InChI is InChI=1S/C36H47BrN4/c1-9-21-22(10-2)28-18-30-25(13-5)26(14-6)32(40-30)20-34-36(15-7,16-8)35(37)33(41-34)19-31-24(12-4)23(11-3)29(39-31)17-27(21)38-28/h17-20,35,38-39H,9-16H2,1-8H3. The van der Waals surface area contributed by atoms with Crippen LogP contribution in [0.25, 0.3) is 33.2 Å². The molecule has 3 aromatic heterocycles. The number of aromatic amines is 2. The number of H-pyrrole nitrogens is 2. The number of rotatable bonds is 8. The fraction of sp³-hybridized carbons (Fsp3) is 0.500. The minimum atomic E-state index is -0.0686. The molecule has 5 heteroatoms. The summed E-state index contributed by atoms with van der Waals surface area (Å²) in [5, 5.41) is 0. The average molecular weight is 616 g/mol. The lowest BCUT2D eigenvalue weighted by molar-refractivity contribution is 0.403. The van der Waals surface area contributed by atoms with Crippen LogP contribution in [0.4, 0.5) is 0 Å². The first-order valence-corrected chi connectivity index (χ1v) is 16.9. The highest BCUT2D eigenvalue weighted by atomic mass is 79.9. The monoisotopic (exact) mass is 614 g/mol. The van der Waals surface area contributed by atoms with Crippen molar-refractivity contribution in [2.75, 3.05) is 0 Å². The topological polar surface area (TPSA) is 57.4 Å². The molecule has 0 amide bonds. The average Bonchev–Trinajstić information content (AvgIpc) is 3.67. The Balaban J connectivity index is 2.03. The van der Waals surface area contributed by atoms with Gasteiger partial charge in [-0.15, -0.1) is 0 Å². The van der Waals surface area contributed by atoms with Gasteiger partial charge in [-0.1, -0.05) is 71.3 Å². The minimum absolute atomic E-state index is 0.0686. The van der Waals surface area contributed by atoms with Crippen LogP contribution in [0.3, 0.4) is 0 Å². The second-order valence-corrected chi connectivity index (χ2v) is 12.4. The van der Waals surface area contributed by atoms with E-state index >= 15 is 0 Å². The molecule has 218 valence electrons. The van der Waals surface area contributed by atoms with Crippen LogP contribution >= 0.6 is 15.9 Å². The number of fused-ring (bicyclic) bond motifs is 8. The van der Waals surface area contributed by atoms with Gasteiger partial charge in [-0.25, -0.2) is 4.98 Å². The Morgan fingerprint density at radius 1 is 0.585 bits per heavy atom. The Hall–Kier alpha value is -2.66. The number of aromatic nitrogens is 4. The summed E-state index contributed by atoms with van der Waals surface area (Å²) in [6.45, 7) is 18.2. The summed E-state index contributed by atoms with van der Waals surface area (Å²) < 4.78 is 0. The Morgan fingerprint density at radius 2 is 1.02 bits per heavy atom. The number of halogens is 1. The van der Waals surface area contributed by atoms with E-state index in [0.29, 0.717) is 0 Å². The number of alkyl halides is 1. The maximum atomic E-state index is 5.38. The number of nitrogens with one attached hydrogen (secondary N) is 2. The molecule has 5 rings (SSSR count). The minimum Gasteiger partial charge on any atom is -0.355 e. The van der Waals surface area contributed by atoms with Gasteiger partial charge in [-0.2, -0.15) is 0 Å². The SMILES string of the molecule is CCC1=C(CC)c2cc3[nH]c(cc4[nH]c(cc5nc(cc1n2)C(CC)(CC)C5Br)c(CC)c4CC)c(CC)c3CC. The normalized spacial score (nSPS) is 16.6. The Kier molecular flexibility index (Phi) is 8.66. The molecule has 5 heterocycles. The summed E-state index contributed by atoms with van der Waals surface area (Å²) in [7, 11) is 0. The van der Waals surface area contributed by atoms with Crippen LogP contribution in [0.5, 0.6) is 0 Å². The van der Waals surface area contributed by atoms with Crippen LogP contribution in [0.1, 0.15) is 131 Å². The highest BCUT2D eigenvalue weighted by molar-refractivity contribution is 9.09. The van der Waals surface area contributed by atoms with E-state index in [-0.39, 0.29) is 10.2 Å². The first-order chi connectivity index (χ1) is 19.8. The van der Waals surface area contributed by atoms with Crippen molar-refractivity contribution >= 4 is 49.1 Å². The van der Waals surface area contributed by atoms with Crippen molar-refractivity contribution in [2.24, 2.45) is 0 Å². The zero-order valence-electron chi connectivity index (χ0n) is 26.3. The Labute approximate surface area is 254 Å². The van der Waals surface area contributed by atoms with Crippen molar-refractivity contribution < 1.29 is 0 Å². The van der Waals surface area contributed by atoms with Crippen molar-refractivity contribution in [3.05, 3.63) is 69.3 Å². The van der Waals surface area contributed by atoms with Gasteiger partial charge >= 0.3 is 0 Å². The van der Waals surface area contributed by atoms with E-state index in [1.54, 1.807) is 0 Å². The number of allylic oxidation sites excluding steroid dienone is 2. The molecule has 2 aliphatic heterocycles. The second-order valence-electron chi connectivity index (χ2n) is 11.5. The summed E-state index contributed by atoms with van der Waals surface area (Å²) in [4.78, 5) is 18.6. The van der Waals surface area contributed by atoms with Crippen LogP contribution in [0.2, 0.25) is 0 Å². The summed E-state index contributed by atoms with van der Waals surface area (Å²) in [5.74, 6) is 0. The smallest absolute Gasteiger partial charge is 0.0693 e. The third-order valence-corrected chi connectivity index (χ3v) is 11.2. The summed E-state index contributed by atoms with van der Waals surface area (Å²) in [6.07, 6.45) is 7.92. The van der Waals surface area contributed by atoms with E-state index in [2.05, 4.69) is 106 Å². The van der Waals surface area contributed by atoms with Crippen LogP contribution < -0.4 is 0 Å². The van der Waals surface area contributed by atoms with Crippen molar-refractivity contribution in [3.8, 4) is 0 Å². The molecule has 3 aromatic rings. The summed E-state index contributed by atoms with van der Waals surface area (Å²) in [5.41, 5.74) is 17.5. The van der Waals surface area contributed by atoms with E-state index in [1.165, 1.54) is 55.5 Å². The molecule has 0 saturated heterocycles. The Morgan fingerprint density at radius 3 is 1.46 bits per heavy atom. The zero-order valence-corrected chi connectivity index (χ0v) is 27.9. The van der Waals surface area contributed by atoms with Gasteiger partial charge in [-0.05, 0) is 109 Å². The van der Waals surface area contributed by atoms with Gasteiger partial charge in [0.05, 0.1) is 27.6 Å². The number of hydrogen-bond donors (Lipinski definition) is 2. The number of hydrogen-bond acceptors (Lipinski definition) is 2. The largest absolute Gasteiger partial charge is 0.355 e. The molecule has 1 atom stereocenters. The molecular weight excluding hydrogens is 568 g/mol. The third kappa shape index (κ3) is 4.73. The van der Waals surface area contributed by atoms with E-state index in [4.69, 9.17) is 9.97 Å². The Bertz CT molecular complexity index is 1650. The molecule has 4 nitrogen and oxygen atoms in total. The van der Waals surface area contributed by atoms with Gasteiger partial charge in [0.15, 0.2) is 0 Å². The maximum absolute atomic E-state index is 5.38. The van der Waals surface area contributed by atoms with Gasteiger partial charge < -0.3 is 9.97 Å². The van der Waals surface area contributed by atoms with Crippen LogP contribution in [-0.2, 0) is 31.1 Å². The lowest BCUT2D eigenvalue weighted by Crippen LogP contribution is -2.25. The molecule has 41 heavy (non-hydrogen) atoms. The molecule has 0 radical (unpaired) electrons. The molecule has 1 unspecified atom stereocenters. The fourth-order valence-corrected chi connectivity index (χ4v) is 8.60. The van der Waals surface area contributed by atoms with Crippen LogP contribution in [0, 0.1) is 0 Å². The van der Waals surface area contributed by atoms with Gasteiger partial charge in [-0.3, -0.25) is 4.98 Å². The molecule has 2 N–H and O–H groups in total. The number of aryl methyl sites for hydroxylation is 4. The highest BCUT2D eigenvalue weighted by Crippen LogP contribution is 2.51. The quantitative estimate of drug-likeness (QED) is 0.248. The van der Waals surface area contributed by atoms with E-state index in [0.717, 1.165) is 74.1 Å². The zero-order chi connectivity index (χ0) is 29.5. The van der Waals surface area contributed by atoms with E-state index in [9.17, 15) is 0 Å². The highest BCUT2D eigenvalue weighted by Gasteiger charge is 2.43. The fourth-order valence-electron chi connectivity index (χ4n) is 7.48. The van der Waals surface area contributed by atoms with Crippen molar-refractivity contribution in [1.82, 2.24) is 19.9 Å². The first-order valence-electron chi connectivity index (χ1n) is 16.0. The van der Waals surface area contributed by atoms with Crippen molar-refractivity contribution in [1.29, 1.82) is 0 Å². The van der Waals surface area contributed by atoms with Gasteiger partial charge in [0, 0.05) is 27.5 Å². The van der Waals surface area contributed by atoms with Crippen LogP contribution in [0.15, 0.2) is 24.3 Å². The van der Waals surface area contributed by atoms with Crippen LogP contribution in [-0.4, -0.2) is 19.9 Å². The van der Waals surface area contributed by atoms with Crippen molar-refractivity contribution in [2.45, 2.75) is 117 Å². The number of nitrogens with zero attached hydrogens (tertiary/aromatic N) is 2. The first kappa shape index (κ1) is 29.8. The molecule has 2 aliphatic rings. The summed E-state index contributed by atoms with van der Waals surface area (Å²) >= 11 is 4.16. The predicted octanol–water partition coefficient (Wildman–Crippen LogP) is 10.5. The molecule has 8 bridgehead atoms. The van der Waals surface area contributed by atoms with Gasteiger partial charge in [0.2, 0.25) is 0 Å². The molecule has 0 fully saturated rings. The van der Waals surface area contributed by atoms with E-state index in [1.807, 2.05) is 0 Å². The lowest BCUT2D eigenvalue weighted by Gasteiger charge is -2.30. The molecule has 0 spiro atoms. The molecule has 0 aromatic carbocycles. The third-order valence-electron chi connectivity index (χ3n) is 9.81. The van der Waals surface area contributed by atoms with Gasteiger partial charge in [0.25, 0.3) is 0 Å².